The first kappa shape index (κ1) is 17.5. The minimum absolute atomic E-state index is 0.0772. The van der Waals surface area contributed by atoms with Crippen LogP contribution in [0.15, 0.2) is 36.5 Å². The molecule has 0 unspecified atom stereocenters. The van der Waals surface area contributed by atoms with Gasteiger partial charge < -0.3 is 10.6 Å². The van der Waals surface area contributed by atoms with E-state index in [1.165, 1.54) is 23.7 Å². The van der Waals surface area contributed by atoms with Crippen molar-refractivity contribution in [3.8, 4) is 5.69 Å². The molecule has 1 fully saturated rings. The quantitative estimate of drug-likeness (QED) is 0.805. The van der Waals surface area contributed by atoms with Crippen molar-refractivity contribution >= 4 is 5.91 Å². The maximum absolute atomic E-state index is 12.6. The Morgan fingerprint density at radius 3 is 2.52 bits per heavy atom. The summed E-state index contributed by atoms with van der Waals surface area (Å²) in [6.07, 6.45) is -0.711. The zero-order chi connectivity index (χ0) is 17.9. The molecule has 1 aromatic carbocycles. The van der Waals surface area contributed by atoms with Gasteiger partial charge in [0.1, 0.15) is 0 Å². The Kier molecular flexibility index (Phi) is 5.08. The molecule has 3 rings (SSSR count). The maximum Gasteiger partial charge on any atom is 0.435 e. The fraction of sp³-hybridized carbons (Fsp3) is 0.412. The Morgan fingerprint density at radius 1 is 1.20 bits per heavy atom. The molecule has 5 nitrogen and oxygen atoms in total. The van der Waals surface area contributed by atoms with E-state index in [0.717, 1.165) is 24.1 Å². The lowest BCUT2D eigenvalue weighted by Crippen LogP contribution is -2.34. The van der Waals surface area contributed by atoms with Crippen LogP contribution in [-0.2, 0) is 17.5 Å². The molecule has 0 saturated heterocycles. The SMILES string of the molecule is O=C(CNCC1CC1)NCc1ccc(-n2ccc(C(F)(F)F)n2)cc1. The van der Waals surface area contributed by atoms with Crippen molar-refractivity contribution in [1.29, 1.82) is 0 Å². The smallest absolute Gasteiger partial charge is 0.351 e. The molecule has 1 heterocycles. The average Bonchev–Trinajstić information content (AvgIpc) is 3.24. The molecule has 1 aromatic heterocycles. The number of rotatable bonds is 7. The second-order valence-electron chi connectivity index (χ2n) is 6.16. The van der Waals surface area contributed by atoms with Crippen molar-refractivity contribution in [1.82, 2.24) is 20.4 Å². The van der Waals surface area contributed by atoms with Crippen molar-refractivity contribution in [2.45, 2.75) is 25.6 Å². The van der Waals surface area contributed by atoms with Crippen LogP contribution in [0.25, 0.3) is 5.69 Å². The van der Waals surface area contributed by atoms with Crippen molar-refractivity contribution in [2.75, 3.05) is 13.1 Å². The molecule has 0 spiro atoms. The maximum atomic E-state index is 12.6. The first-order chi connectivity index (χ1) is 11.9. The summed E-state index contributed by atoms with van der Waals surface area (Å²) in [6.45, 7) is 1.55. The largest absolute Gasteiger partial charge is 0.435 e. The van der Waals surface area contributed by atoms with Gasteiger partial charge in [-0.15, -0.1) is 0 Å². The van der Waals surface area contributed by atoms with Gasteiger partial charge in [-0.1, -0.05) is 12.1 Å². The first-order valence-electron chi connectivity index (χ1n) is 8.11. The summed E-state index contributed by atoms with van der Waals surface area (Å²) < 4.78 is 38.9. The summed E-state index contributed by atoms with van der Waals surface area (Å²) in [5.74, 6) is 0.645. The number of nitrogens with zero attached hydrogens (tertiary/aromatic N) is 2. The normalized spacial score (nSPS) is 14.5. The predicted octanol–water partition coefficient (Wildman–Crippen LogP) is 2.51. The van der Waals surface area contributed by atoms with Crippen LogP contribution in [0, 0.1) is 5.92 Å². The molecule has 134 valence electrons. The molecule has 1 aliphatic rings. The third-order valence-corrected chi connectivity index (χ3v) is 3.99. The molecular formula is C17H19F3N4O. The fourth-order valence-corrected chi connectivity index (χ4v) is 2.36. The number of nitrogens with one attached hydrogen (secondary N) is 2. The summed E-state index contributed by atoms with van der Waals surface area (Å²) in [5, 5.41) is 9.44. The van der Waals surface area contributed by atoms with Gasteiger partial charge in [-0.05, 0) is 49.1 Å². The number of hydrogen-bond acceptors (Lipinski definition) is 3. The van der Waals surface area contributed by atoms with Crippen LogP contribution >= 0.6 is 0 Å². The van der Waals surface area contributed by atoms with Crippen molar-refractivity contribution in [2.24, 2.45) is 5.92 Å². The highest BCUT2D eigenvalue weighted by molar-refractivity contribution is 5.77. The van der Waals surface area contributed by atoms with Gasteiger partial charge in [0, 0.05) is 12.7 Å². The second-order valence-corrected chi connectivity index (χ2v) is 6.16. The number of hydrogen-bond donors (Lipinski definition) is 2. The van der Waals surface area contributed by atoms with E-state index in [2.05, 4.69) is 15.7 Å². The lowest BCUT2D eigenvalue weighted by molar-refractivity contribution is -0.141. The number of carbonyl (C=O) groups excluding carboxylic acids is 1. The van der Waals surface area contributed by atoms with Crippen LogP contribution in [0.3, 0.4) is 0 Å². The summed E-state index contributed by atoms with van der Waals surface area (Å²) in [4.78, 5) is 11.7. The van der Waals surface area contributed by atoms with Crippen LogP contribution in [-0.4, -0.2) is 28.8 Å². The van der Waals surface area contributed by atoms with Crippen molar-refractivity contribution < 1.29 is 18.0 Å². The van der Waals surface area contributed by atoms with Crippen LogP contribution in [0.5, 0.6) is 0 Å². The van der Waals surface area contributed by atoms with E-state index >= 15 is 0 Å². The van der Waals surface area contributed by atoms with Gasteiger partial charge in [0.05, 0.1) is 12.2 Å². The number of carbonyl (C=O) groups is 1. The minimum atomic E-state index is -4.46. The molecule has 1 aliphatic carbocycles. The summed E-state index contributed by atoms with van der Waals surface area (Å²) in [6, 6.07) is 7.77. The van der Waals surface area contributed by atoms with Gasteiger partial charge in [-0.3, -0.25) is 4.79 Å². The van der Waals surface area contributed by atoms with Gasteiger partial charge in [0.2, 0.25) is 5.91 Å². The van der Waals surface area contributed by atoms with Crippen molar-refractivity contribution in [3.05, 3.63) is 47.8 Å². The summed E-state index contributed by atoms with van der Waals surface area (Å²) >= 11 is 0. The fourth-order valence-electron chi connectivity index (χ4n) is 2.36. The zero-order valence-electron chi connectivity index (χ0n) is 13.5. The molecule has 2 aromatic rings. The third-order valence-electron chi connectivity index (χ3n) is 3.99. The molecule has 25 heavy (non-hydrogen) atoms. The molecule has 1 amide bonds. The highest BCUT2D eigenvalue weighted by Crippen LogP contribution is 2.28. The van der Waals surface area contributed by atoms with Crippen LogP contribution in [0.1, 0.15) is 24.1 Å². The average molecular weight is 352 g/mol. The standard InChI is InChI=1S/C17H19F3N4O/c18-17(19,20)15-7-8-24(23-15)14-5-3-13(4-6-14)10-22-16(25)11-21-9-12-1-2-12/h3-8,12,21H,1-2,9-11H2,(H,22,25). The molecular weight excluding hydrogens is 333 g/mol. The van der Waals surface area contributed by atoms with Crippen LogP contribution in [0.4, 0.5) is 13.2 Å². The molecule has 2 N–H and O–H groups in total. The van der Waals surface area contributed by atoms with Crippen molar-refractivity contribution in [3.63, 3.8) is 0 Å². The van der Waals surface area contributed by atoms with E-state index in [-0.39, 0.29) is 5.91 Å². The minimum Gasteiger partial charge on any atom is -0.351 e. The molecule has 0 aliphatic heterocycles. The number of halogens is 3. The van der Waals surface area contributed by atoms with Gasteiger partial charge in [0.15, 0.2) is 5.69 Å². The Bertz CT molecular complexity index is 720. The monoisotopic (exact) mass is 352 g/mol. The highest BCUT2D eigenvalue weighted by Gasteiger charge is 2.33. The van der Waals surface area contributed by atoms with Gasteiger partial charge >= 0.3 is 6.18 Å². The topological polar surface area (TPSA) is 59.0 Å². The molecule has 0 atom stereocenters. The van der Waals surface area contributed by atoms with E-state index in [4.69, 9.17) is 0 Å². The Balaban J connectivity index is 1.49. The van der Waals surface area contributed by atoms with E-state index in [1.807, 2.05) is 0 Å². The second kappa shape index (κ2) is 7.26. The number of benzene rings is 1. The lowest BCUT2D eigenvalue weighted by Gasteiger charge is -2.08. The Morgan fingerprint density at radius 2 is 1.92 bits per heavy atom. The third kappa shape index (κ3) is 5.06. The van der Waals surface area contributed by atoms with Gasteiger partial charge in [-0.25, -0.2) is 4.68 Å². The lowest BCUT2D eigenvalue weighted by atomic mass is 10.2. The Hall–Kier alpha value is -2.35. The molecule has 8 heteroatoms. The first-order valence-corrected chi connectivity index (χ1v) is 8.11. The predicted molar refractivity (Wildman–Crippen MR) is 86.0 cm³/mol. The zero-order valence-corrected chi connectivity index (χ0v) is 13.5. The van der Waals surface area contributed by atoms with Gasteiger partial charge in [0.25, 0.3) is 0 Å². The number of aromatic nitrogens is 2. The highest BCUT2D eigenvalue weighted by atomic mass is 19.4. The molecule has 0 radical (unpaired) electrons. The van der Waals surface area contributed by atoms with E-state index in [0.29, 0.717) is 18.8 Å². The number of alkyl halides is 3. The molecule has 0 bridgehead atoms. The summed E-state index contributed by atoms with van der Waals surface area (Å²) in [5.41, 5.74) is 0.460. The Labute approximate surface area is 143 Å². The van der Waals surface area contributed by atoms with E-state index < -0.39 is 11.9 Å². The van der Waals surface area contributed by atoms with Crippen LogP contribution in [0.2, 0.25) is 0 Å². The van der Waals surface area contributed by atoms with E-state index in [9.17, 15) is 18.0 Å². The van der Waals surface area contributed by atoms with E-state index in [1.54, 1.807) is 24.3 Å². The number of amides is 1. The van der Waals surface area contributed by atoms with Gasteiger partial charge in [-0.2, -0.15) is 18.3 Å². The van der Waals surface area contributed by atoms with Crippen LogP contribution < -0.4 is 10.6 Å². The summed E-state index contributed by atoms with van der Waals surface area (Å²) in [7, 11) is 0. The molecule has 1 saturated carbocycles.